The van der Waals surface area contributed by atoms with Crippen molar-refractivity contribution in [2.75, 3.05) is 7.11 Å². The second-order valence-electron chi connectivity index (χ2n) is 5.26. The van der Waals surface area contributed by atoms with Gasteiger partial charge >= 0.3 is 5.97 Å². The van der Waals surface area contributed by atoms with Crippen LogP contribution >= 0.6 is 0 Å². The monoisotopic (exact) mass is 299 g/mol. The Morgan fingerprint density at radius 3 is 2.45 bits per heavy atom. The van der Waals surface area contributed by atoms with E-state index in [1.165, 1.54) is 12.7 Å². The van der Waals surface area contributed by atoms with Gasteiger partial charge in [0.05, 0.1) is 12.7 Å². The second-order valence-corrected chi connectivity index (χ2v) is 5.26. The molecule has 0 aliphatic carbocycles. The fraction of sp³-hybridized carbons (Fsp3) is 0.278. The van der Waals surface area contributed by atoms with Crippen molar-refractivity contribution >= 4 is 5.97 Å². The Hall–Kier alpha value is -2.33. The minimum Gasteiger partial charge on any atom is -0.489 e. The molecule has 2 N–H and O–H groups in total. The molecule has 0 aliphatic heterocycles. The van der Waals surface area contributed by atoms with Gasteiger partial charge in [-0.1, -0.05) is 30.3 Å². The minimum atomic E-state index is -0.355. The summed E-state index contributed by atoms with van der Waals surface area (Å²) in [5.74, 6) is 0.402. The van der Waals surface area contributed by atoms with Crippen LogP contribution in [0.15, 0.2) is 48.5 Å². The van der Waals surface area contributed by atoms with E-state index in [2.05, 4.69) is 0 Å². The Labute approximate surface area is 130 Å². The van der Waals surface area contributed by atoms with Crippen molar-refractivity contribution < 1.29 is 14.3 Å². The van der Waals surface area contributed by atoms with Crippen molar-refractivity contribution in [2.24, 2.45) is 5.73 Å². The van der Waals surface area contributed by atoms with E-state index < -0.39 is 0 Å². The predicted molar refractivity (Wildman–Crippen MR) is 85.9 cm³/mol. The summed E-state index contributed by atoms with van der Waals surface area (Å²) in [4.78, 5) is 11.7. The standard InChI is InChI=1S/C18H21NO3/c1-13(19)11-14-7-9-16(10-8-14)22-12-15-5-3-4-6-17(15)18(20)21-2/h3-10,13H,11-12,19H2,1-2H3/t13-/m1/s1. The first-order valence-corrected chi connectivity index (χ1v) is 7.23. The molecular weight excluding hydrogens is 278 g/mol. The molecule has 0 fully saturated rings. The smallest absolute Gasteiger partial charge is 0.338 e. The van der Waals surface area contributed by atoms with Crippen molar-refractivity contribution in [3.05, 3.63) is 65.2 Å². The van der Waals surface area contributed by atoms with Crippen LogP contribution in [0.1, 0.15) is 28.4 Å². The molecule has 0 aromatic heterocycles. The molecule has 4 nitrogen and oxygen atoms in total. The molecule has 0 amide bonds. The van der Waals surface area contributed by atoms with E-state index in [1.807, 2.05) is 43.3 Å². The molecule has 0 saturated carbocycles. The lowest BCUT2D eigenvalue weighted by atomic mass is 10.1. The zero-order valence-corrected chi connectivity index (χ0v) is 12.9. The Bertz CT molecular complexity index is 620. The lowest BCUT2D eigenvalue weighted by Crippen LogP contribution is -2.17. The highest BCUT2D eigenvalue weighted by molar-refractivity contribution is 5.90. The van der Waals surface area contributed by atoms with E-state index >= 15 is 0 Å². The van der Waals surface area contributed by atoms with Crippen LogP contribution in [0.3, 0.4) is 0 Å². The molecule has 2 aromatic rings. The summed E-state index contributed by atoms with van der Waals surface area (Å²) < 4.78 is 10.5. The number of ether oxygens (including phenoxy) is 2. The van der Waals surface area contributed by atoms with E-state index in [9.17, 15) is 4.79 Å². The summed E-state index contributed by atoms with van der Waals surface area (Å²) in [6, 6.07) is 15.2. The SMILES string of the molecule is COC(=O)c1ccccc1COc1ccc(C[C@@H](C)N)cc1. The van der Waals surface area contributed by atoms with Crippen molar-refractivity contribution in [3.63, 3.8) is 0 Å². The molecule has 0 unspecified atom stereocenters. The molecule has 0 saturated heterocycles. The van der Waals surface area contributed by atoms with E-state index in [0.29, 0.717) is 12.2 Å². The second kappa shape index (κ2) is 7.61. The Balaban J connectivity index is 2.03. The molecule has 116 valence electrons. The van der Waals surface area contributed by atoms with Gasteiger partial charge in [-0.25, -0.2) is 4.79 Å². The largest absolute Gasteiger partial charge is 0.489 e. The summed E-state index contributed by atoms with van der Waals surface area (Å²) in [6.45, 7) is 2.30. The Morgan fingerprint density at radius 1 is 1.14 bits per heavy atom. The zero-order valence-electron chi connectivity index (χ0n) is 12.9. The summed E-state index contributed by atoms with van der Waals surface area (Å²) in [6.07, 6.45) is 0.839. The van der Waals surface area contributed by atoms with E-state index in [1.54, 1.807) is 12.1 Å². The normalized spacial score (nSPS) is 11.8. The van der Waals surface area contributed by atoms with Gasteiger partial charge in [0.1, 0.15) is 12.4 Å². The fourth-order valence-corrected chi connectivity index (χ4v) is 2.21. The van der Waals surface area contributed by atoms with Crippen LogP contribution in [0, 0.1) is 0 Å². The van der Waals surface area contributed by atoms with Crippen LogP contribution in [-0.2, 0) is 17.8 Å². The average Bonchev–Trinajstić information content (AvgIpc) is 2.53. The van der Waals surface area contributed by atoms with Crippen LogP contribution < -0.4 is 10.5 Å². The molecule has 2 rings (SSSR count). The van der Waals surface area contributed by atoms with Crippen molar-refractivity contribution in [1.82, 2.24) is 0 Å². The van der Waals surface area contributed by atoms with E-state index in [0.717, 1.165) is 17.7 Å². The van der Waals surface area contributed by atoms with Gasteiger partial charge in [-0.3, -0.25) is 0 Å². The molecule has 0 spiro atoms. The van der Waals surface area contributed by atoms with Gasteiger partial charge in [-0.05, 0) is 37.1 Å². The molecule has 0 radical (unpaired) electrons. The first-order valence-electron chi connectivity index (χ1n) is 7.23. The van der Waals surface area contributed by atoms with Crippen molar-refractivity contribution in [2.45, 2.75) is 26.0 Å². The van der Waals surface area contributed by atoms with Gasteiger partial charge in [-0.15, -0.1) is 0 Å². The lowest BCUT2D eigenvalue weighted by molar-refractivity contribution is 0.0597. The first kappa shape index (κ1) is 16.0. The zero-order chi connectivity index (χ0) is 15.9. The maximum absolute atomic E-state index is 11.7. The van der Waals surface area contributed by atoms with E-state index in [-0.39, 0.29) is 12.0 Å². The third-order valence-electron chi connectivity index (χ3n) is 3.30. The van der Waals surface area contributed by atoms with Crippen molar-refractivity contribution in [1.29, 1.82) is 0 Å². The molecule has 0 aliphatic rings. The maximum Gasteiger partial charge on any atom is 0.338 e. The maximum atomic E-state index is 11.7. The molecule has 4 heteroatoms. The van der Waals surface area contributed by atoms with Gasteiger partial charge in [-0.2, -0.15) is 0 Å². The molecule has 1 atom stereocenters. The van der Waals surface area contributed by atoms with Gasteiger partial charge in [0.25, 0.3) is 0 Å². The van der Waals surface area contributed by atoms with Crippen LogP contribution in [0.5, 0.6) is 5.75 Å². The molecule has 22 heavy (non-hydrogen) atoms. The minimum absolute atomic E-state index is 0.138. The van der Waals surface area contributed by atoms with Gasteiger partial charge < -0.3 is 15.2 Å². The van der Waals surface area contributed by atoms with Crippen molar-refractivity contribution in [3.8, 4) is 5.75 Å². The van der Waals surface area contributed by atoms with Crippen LogP contribution in [0.4, 0.5) is 0 Å². The van der Waals surface area contributed by atoms with Crippen LogP contribution in [0.2, 0.25) is 0 Å². The number of hydrogen-bond donors (Lipinski definition) is 1. The number of carbonyl (C=O) groups is 1. The lowest BCUT2D eigenvalue weighted by Gasteiger charge is -2.11. The highest BCUT2D eigenvalue weighted by Crippen LogP contribution is 2.17. The summed E-state index contributed by atoms with van der Waals surface area (Å²) in [5.41, 5.74) is 8.28. The number of carbonyl (C=O) groups excluding carboxylic acids is 1. The van der Waals surface area contributed by atoms with Crippen LogP contribution in [-0.4, -0.2) is 19.1 Å². The number of methoxy groups -OCH3 is 1. The Kier molecular flexibility index (Phi) is 5.55. The fourth-order valence-electron chi connectivity index (χ4n) is 2.21. The quantitative estimate of drug-likeness (QED) is 0.833. The van der Waals surface area contributed by atoms with Gasteiger partial charge in [0.15, 0.2) is 0 Å². The highest BCUT2D eigenvalue weighted by Gasteiger charge is 2.11. The summed E-state index contributed by atoms with van der Waals surface area (Å²) in [5, 5.41) is 0. The van der Waals surface area contributed by atoms with Gasteiger partial charge in [0.2, 0.25) is 0 Å². The predicted octanol–water partition coefficient (Wildman–Crippen LogP) is 2.94. The van der Waals surface area contributed by atoms with Gasteiger partial charge in [0, 0.05) is 11.6 Å². The third kappa shape index (κ3) is 4.33. The summed E-state index contributed by atoms with van der Waals surface area (Å²) in [7, 11) is 1.37. The molecular formula is C18H21NO3. The number of rotatable bonds is 6. The third-order valence-corrected chi connectivity index (χ3v) is 3.30. The van der Waals surface area contributed by atoms with E-state index in [4.69, 9.17) is 15.2 Å². The summed E-state index contributed by atoms with van der Waals surface area (Å²) >= 11 is 0. The average molecular weight is 299 g/mol. The molecule has 0 heterocycles. The highest BCUT2D eigenvalue weighted by atomic mass is 16.5. The van der Waals surface area contributed by atoms with Crippen LogP contribution in [0.25, 0.3) is 0 Å². The first-order chi connectivity index (χ1) is 10.6. The number of esters is 1. The Morgan fingerprint density at radius 2 is 1.82 bits per heavy atom. The topological polar surface area (TPSA) is 61.5 Å². The number of hydrogen-bond acceptors (Lipinski definition) is 4. The molecule has 2 aromatic carbocycles. The number of nitrogens with two attached hydrogens (primary N) is 1. The number of benzene rings is 2. The molecule has 0 bridgehead atoms.